The van der Waals surface area contributed by atoms with E-state index in [2.05, 4.69) is 10.6 Å². The van der Waals surface area contributed by atoms with Crippen LogP contribution in [0.25, 0.3) is 0 Å². The summed E-state index contributed by atoms with van der Waals surface area (Å²) < 4.78 is 5.18. The first-order valence-corrected chi connectivity index (χ1v) is 5.71. The molecule has 4 nitrogen and oxygen atoms in total. The van der Waals surface area contributed by atoms with Crippen LogP contribution in [0.4, 0.5) is 4.79 Å². The molecule has 0 saturated heterocycles. The van der Waals surface area contributed by atoms with Gasteiger partial charge in [-0.1, -0.05) is 12.1 Å². The molecule has 0 bridgehead atoms. The number of urea groups is 1. The largest absolute Gasteiger partial charge is 0.496 e. The van der Waals surface area contributed by atoms with Gasteiger partial charge in [0.2, 0.25) is 0 Å². The lowest BCUT2D eigenvalue weighted by Crippen LogP contribution is -2.39. The van der Waals surface area contributed by atoms with Gasteiger partial charge in [-0.3, -0.25) is 0 Å². The second kappa shape index (κ2) is 6.13. The Hall–Kier alpha value is -1.71. The fourth-order valence-electron chi connectivity index (χ4n) is 1.55. The van der Waals surface area contributed by atoms with E-state index in [0.29, 0.717) is 6.54 Å². The average molecular weight is 236 g/mol. The summed E-state index contributed by atoms with van der Waals surface area (Å²) in [6, 6.07) is 5.86. The van der Waals surface area contributed by atoms with Gasteiger partial charge in [-0.25, -0.2) is 4.79 Å². The van der Waals surface area contributed by atoms with E-state index in [0.717, 1.165) is 16.9 Å². The molecule has 0 aliphatic carbocycles. The number of nitrogens with one attached hydrogen (secondary N) is 2. The van der Waals surface area contributed by atoms with Gasteiger partial charge in [-0.2, -0.15) is 0 Å². The standard InChI is InChI=1S/C13H20N2O2/c1-9(2)15-13(16)14-8-11-5-6-12(17-4)10(3)7-11/h5-7,9H,8H2,1-4H3,(H2,14,15,16). The molecule has 0 fully saturated rings. The number of ether oxygens (including phenoxy) is 1. The molecule has 2 N–H and O–H groups in total. The number of methoxy groups -OCH3 is 1. The second-order valence-corrected chi connectivity index (χ2v) is 4.29. The van der Waals surface area contributed by atoms with Crippen LogP contribution in [0.15, 0.2) is 18.2 Å². The van der Waals surface area contributed by atoms with Crippen molar-refractivity contribution in [1.82, 2.24) is 10.6 Å². The van der Waals surface area contributed by atoms with Crippen molar-refractivity contribution in [1.29, 1.82) is 0 Å². The molecule has 0 atom stereocenters. The Morgan fingerprint density at radius 1 is 1.41 bits per heavy atom. The number of hydrogen-bond acceptors (Lipinski definition) is 2. The summed E-state index contributed by atoms with van der Waals surface area (Å²) in [5.41, 5.74) is 2.12. The highest BCUT2D eigenvalue weighted by atomic mass is 16.5. The third-order valence-corrected chi connectivity index (χ3v) is 2.33. The predicted octanol–water partition coefficient (Wildman–Crippen LogP) is 2.21. The number of aryl methyl sites for hydroxylation is 1. The Bertz CT molecular complexity index is 389. The minimum atomic E-state index is -0.145. The molecule has 1 rings (SSSR count). The maximum absolute atomic E-state index is 11.4. The van der Waals surface area contributed by atoms with Crippen LogP contribution in [0.3, 0.4) is 0 Å². The molecule has 1 aromatic rings. The lowest BCUT2D eigenvalue weighted by atomic mass is 10.1. The second-order valence-electron chi connectivity index (χ2n) is 4.29. The number of carbonyl (C=O) groups is 1. The van der Waals surface area contributed by atoms with E-state index in [-0.39, 0.29) is 12.1 Å². The van der Waals surface area contributed by atoms with Gasteiger partial charge >= 0.3 is 6.03 Å². The van der Waals surface area contributed by atoms with Crippen LogP contribution in [-0.2, 0) is 6.54 Å². The van der Waals surface area contributed by atoms with Crippen molar-refractivity contribution in [3.63, 3.8) is 0 Å². The molecule has 0 heterocycles. The molecule has 0 aliphatic heterocycles. The van der Waals surface area contributed by atoms with E-state index >= 15 is 0 Å². The maximum atomic E-state index is 11.4. The topological polar surface area (TPSA) is 50.4 Å². The van der Waals surface area contributed by atoms with E-state index in [4.69, 9.17) is 4.74 Å². The zero-order valence-electron chi connectivity index (χ0n) is 10.8. The van der Waals surface area contributed by atoms with Crippen molar-refractivity contribution in [3.8, 4) is 5.75 Å². The van der Waals surface area contributed by atoms with Crippen molar-refractivity contribution in [2.75, 3.05) is 7.11 Å². The minimum absolute atomic E-state index is 0.145. The molecule has 0 spiro atoms. The average Bonchev–Trinajstić information content (AvgIpc) is 2.25. The monoisotopic (exact) mass is 236 g/mol. The van der Waals surface area contributed by atoms with Crippen molar-refractivity contribution in [2.45, 2.75) is 33.4 Å². The molecule has 0 radical (unpaired) electrons. The van der Waals surface area contributed by atoms with Crippen LogP contribution in [0, 0.1) is 6.92 Å². The quantitative estimate of drug-likeness (QED) is 0.842. The number of carbonyl (C=O) groups excluding carboxylic acids is 1. The zero-order chi connectivity index (χ0) is 12.8. The van der Waals surface area contributed by atoms with Crippen molar-refractivity contribution in [2.24, 2.45) is 0 Å². The first-order chi connectivity index (χ1) is 8.02. The summed E-state index contributed by atoms with van der Waals surface area (Å²) in [6.07, 6.45) is 0. The highest BCUT2D eigenvalue weighted by Crippen LogP contribution is 2.18. The lowest BCUT2D eigenvalue weighted by molar-refractivity contribution is 0.238. The van der Waals surface area contributed by atoms with Crippen LogP contribution < -0.4 is 15.4 Å². The highest BCUT2D eigenvalue weighted by molar-refractivity contribution is 5.74. The normalized spacial score (nSPS) is 10.2. The molecule has 94 valence electrons. The molecule has 2 amide bonds. The van der Waals surface area contributed by atoms with Gasteiger partial charge in [0.05, 0.1) is 7.11 Å². The molecule has 0 aliphatic rings. The molecule has 17 heavy (non-hydrogen) atoms. The fraction of sp³-hybridized carbons (Fsp3) is 0.462. The van der Waals surface area contributed by atoms with Gasteiger partial charge in [-0.05, 0) is 38.0 Å². The summed E-state index contributed by atoms with van der Waals surface area (Å²) in [4.78, 5) is 11.4. The molecule has 0 aromatic heterocycles. The van der Waals surface area contributed by atoms with Crippen LogP contribution in [0.2, 0.25) is 0 Å². The van der Waals surface area contributed by atoms with Gasteiger partial charge < -0.3 is 15.4 Å². The van der Waals surface area contributed by atoms with Gasteiger partial charge in [0.25, 0.3) is 0 Å². The molecule has 1 aromatic carbocycles. The van der Waals surface area contributed by atoms with Gasteiger partial charge in [0, 0.05) is 12.6 Å². The summed E-state index contributed by atoms with van der Waals surface area (Å²) >= 11 is 0. The van der Waals surface area contributed by atoms with Crippen molar-refractivity contribution < 1.29 is 9.53 Å². The Morgan fingerprint density at radius 2 is 2.12 bits per heavy atom. The van der Waals surface area contributed by atoms with Gasteiger partial charge in [-0.15, -0.1) is 0 Å². The Labute approximate surface area is 102 Å². The van der Waals surface area contributed by atoms with E-state index in [9.17, 15) is 4.79 Å². The van der Waals surface area contributed by atoms with Crippen LogP contribution >= 0.6 is 0 Å². The third kappa shape index (κ3) is 4.34. The van der Waals surface area contributed by atoms with E-state index < -0.39 is 0 Å². The fourth-order valence-corrected chi connectivity index (χ4v) is 1.55. The highest BCUT2D eigenvalue weighted by Gasteiger charge is 2.03. The Kier molecular flexibility index (Phi) is 4.82. The van der Waals surface area contributed by atoms with Crippen LogP contribution in [0.1, 0.15) is 25.0 Å². The van der Waals surface area contributed by atoms with Gasteiger partial charge in [0.1, 0.15) is 5.75 Å². The number of benzene rings is 1. The SMILES string of the molecule is COc1ccc(CNC(=O)NC(C)C)cc1C. The first kappa shape index (κ1) is 13.4. The number of amides is 2. The van der Waals surface area contributed by atoms with Crippen molar-refractivity contribution in [3.05, 3.63) is 29.3 Å². The van der Waals surface area contributed by atoms with Crippen molar-refractivity contribution >= 4 is 6.03 Å². The third-order valence-electron chi connectivity index (χ3n) is 2.33. The van der Waals surface area contributed by atoms with E-state index in [1.807, 2.05) is 39.0 Å². The molecule has 0 saturated carbocycles. The summed E-state index contributed by atoms with van der Waals surface area (Å²) in [7, 11) is 1.65. The number of rotatable bonds is 4. The summed E-state index contributed by atoms with van der Waals surface area (Å²) in [5, 5.41) is 5.58. The molecule has 4 heteroatoms. The van der Waals surface area contributed by atoms with E-state index in [1.165, 1.54) is 0 Å². The van der Waals surface area contributed by atoms with E-state index in [1.54, 1.807) is 7.11 Å². The zero-order valence-corrected chi connectivity index (χ0v) is 10.8. The van der Waals surface area contributed by atoms with Gasteiger partial charge in [0.15, 0.2) is 0 Å². The summed E-state index contributed by atoms with van der Waals surface area (Å²) in [6.45, 7) is 6.36. The van der Waals surface area contributed by atoms with Crippen LogP contribution in [-0.4, -0.2) is 19.2 Å². The molecular weight excluding hydrogens is 216 g/mol. The first-order valence-electron chi connectivity index (χ1n) is 5.71. The Morgan fingerprint density at radius 3 is 2.65 bits per heavy atom. The number of hydrogen-bond donors (Lipinski definition) is 2. The summed E-state index contributed by atoms with van der Waals surface area (Å²) in [5.74, 6) is 0.861. The smallest absolute Gasteiger partial charge is 0.315 e. The predicted molar refractivity (Wildman–Crippen MR) is 68.2 cm³/mol. The Balaban J connectivity index is 2.52. The molecule has 0 unspecified atom stereocenters. The maximum Gasteiger partial charge on any atom is 0.315 e. The minimum Gasteiger partial charge on any atom is -0.496 e. The lowest BCUT2D eigenvalue weighted by Gasteiger charge is -2.11. The van der Waals surface area contributed by atoms with Crippen LogP contribution in [0.5, 0.6) is 5.75 Å². The molecular formula is C13H20N2O2.